The van der Waals surface area contributed by atoms with Crippen LogP contribution >= 0.6 is 0 Å². The average molecular weight is 445 g/mol. The molecular weight excluding hydrogens is 420 g/mol. The number of carbonyl (C=O) groups excluding carboxylic acids is 1. The number of ether oxygens (including phenoxy) is 1. The molecule has 0 bridgehead atoms. The van der Waals surface area contributed by atoms with Gasteiger partial charge in [-0.25, -0.2) is 13.4 Å². The van der Waals surface area contributed by atoms with Gasteiger partial charge < -0.3 is 10.1 Å². The van der Waals surface area contributed by atoms with E-state index >= 15 is 0 Å². The highest BCUT2D eigenvalue weighted by atomic mass is 32.2. The minimum absolute atomic E-state index is 0.0387. The highest BCUT2D eigenvalue weighted by Crippen LogP contribution is 2.29. The van der Waals surface area contributed by atoms with E-state index in [4.69, 9.17) is 4.74 Å². The Bertz CT molecular complexity index is 1270. The number of methoxy groups -OCH3 is 1. The number of aromatic nitrogens is 2. The normalized spacial score (nSPS) is 11.6. The van der Waals surface area contributed by atoms with Gasteiger partial charge >= 0.3 is 0 Å². The summed E-state index contributed by atoms with van der Waals surface area (Å²) in [4.78, 5) is 29.5. The third-order valence-electron chi connectivity index (χ3n) is 4.83. The van der Waals surface area contributed by atoms with Gasteiger partial charge in [-0.1, -0.05) is 26.0 Å². The molecule has 2 aromatic carbocycles. The van der Waals surface area contributed by atoms with Crippen molar-refractivity contribution in [2.24, 2.45) is 0 Å². The van der Waals surface area contributed by atoms with Gasteiger partial charge in [-0.3, -0.25) is 14.2 Å². The first-order valence-corrected chi connectivity index (χ1v) is 11.2. The maximum Gasteiger partial charge on any atom is 0.261 e. The van der Waals surface area contributed by atoms with Crippen LogP contribution in [0.5, 0.6) is 5.75 Å². The Morgan fingerprint density at radius 1 is 1.16 bits per heavy atom. The maximum atomic E-state index is 12.8. The molecule has 1 heterocycles. The fraction of sp³-hybridized carbons (Fsp3) is 0.286. The van der Waals surface area contributed by atoms with Crippen molar-refractivity contribution in [3.05, 3.63) is 59.1 Å². The molecule has 31 heavy (non-hydrogen) atoms. The molecule has 1 amide bonds. The molecule has 0 aliphatic carbocycles. The lowest BCUT2D eigenvalue weighted by Crippen LogP contribution is -2.31. The molecule has 0 spiro atoms. The first kappa shape index (κ1) is 22.4. The number of carbonyl (C=O) groups is 1. The van der Waals surface area contributed by atoms with Crippen LogP contribution in [0.2, 0.25) is 0 Å². The lowest BCUT2D eigenvalue weighted by Gasteiger charge is -2.19. The topological polar surface area (TPSA) is 111 Å². The molecule has 9 nitrogen and oxygen atoms in total. The third kappa shape index (κ3) is 4.59. The number of amides is 1. The van der Waals surface area contributed by atoms with Crippen molar-refractivity contribution in [3.63, 3.8) is 0 Å². The summed E-state index contributed by atoms with van der Waals surface area (Å²) in [5, 5.41) is 3.04. The fourth-order valence-electron chi connectivity index (χ4n) is 3.22. The largest absolute Gasteiger partial charge is 0.495 e. The molecule has 0 saturated heterocycles. The van der Waals surface area contributed by atoms with Crippen LogP contribution in [0.4, 0.5) is 5.69 Å². The third-order valence-corrected chi connectivity index (χ3v) is 6.88. The molecule has 3 aromatic rings. The predicted molar refractivity (Wildman–Crippen MR) is 118 cm³/mol. The van der Waals surface area contributed by atoms with Crippen LogP contribution in [0.15, 0.2) is 58.5 Å². The lowest BCUT2D eigenvalue weighted by molar-refractivity contribution is -0.116. The summed E-state index contributed by atoms with van der Waals surface area (Å²) in [5.41, 5.74) is 0.397. The number of fused-ring (bicyclic) bond motifs is 1. The lowest BCUT2D eigenvalue weighted by atomic mass is 10.2. The summed E-state index contributed by atoms with van der Waals surface area (Å²) in [5.74, 6) is -0.217. The maximum absolute atomic E-state index is 12.8. The number of anilines is 1. The van der Waals surface area contributed by atoms with Crippen LogP contribution in [0.25, 0.3) is 10.9 Å². The van der Waals surface area contributed by atoms with Crippen molar-refractivity contribution in [2.75, 3.05) is 25.5 Å². The van der Waals surface area contributed by atoms with E-state index < -0.39 is 15.9 Å². The van der Waals surface area contributed by atoms with Gasteiger partial charge in [0, 0.05) is 13.1 Å². The van der Waals surface area contributed by atoms with E-state index in [1.54, 1.807) is 38.1 Å². The van der Waals surface area contributed by atoms with Gasteiger partial charge in [-0.05, 0) is 30.3 Å². The molecule has 1 aromatic heterocycles. The zero-order valence-corrected chi connectivity index (χ0v) is 18.3. The second-order valence-corrected chi connectivity index (χ2v) is 8.63. The zero-order chi connectivity index (χ0) is 22.6. The molecular formula is C21H24N4O5S. The average Bonchev–Trinajstić information content (AvgIpc) is 2.76. The van der Waals surface area contributed by atoms with Crippen LogP contribution in [-0.2, 0) is 21.4 Å². The molecule has 0 saturated carbocycles. The molecule has 3 rings (SSSR count). The first-order valence-electron chi connectivity index (χ1n) is 9.74. The Kier molecular flexibility index (Phi) is 6.71. The number of sulfonamides is 1. The number of benzene rings is 2. The van der Waals surface area contributed by atoms with Crippen LogP contribution in [0.1, 0.15) is 13.8 Å². The van der Waals surface area contributed by atoms with Crippen molar-refractivity contribution >= 4 is 32.5 Å². The quantitative estimate of drug-likeness (QED) is 0.570. The van der Waals surface area contributed by atoms with E-state index in [1.165, 1.54) is 40.5 Å². The number of para-hydroxylation sites is 1. The van der Waals surface area contributed by atoms with E-state index in [0.717, 1.165) is 0 Å². The van der Waals surface area contributed by atoms with E-state index in [0.29, 0.717) is 29.7 Å². The smallest absolute Gasteiger partial charge is 0.261 e. The number of hydrogen-bond donors (Lipinski definition) is 1. The van der Waals surface area contributed by atoms with Gasteiger partial charge in [-0.2, -0.15) is 4.31 Å². The second kappa shape index (κ2) is 9.27. The summed E-state index contributed by atoms with van der Waals surface area (Å²) in [6, 6.07) is 11.1. The summed E-state index contributed by atoms with van der Waals surface area (Å²) < 4.78 is 33.4. The van der Waals surface area contributed by atoms with Crippen molar-refractivity contribution in [3.8, 4) is 5.75 Å². The van der Waals surface area contributed by atoms with Crippen LogP contribution in [-0.4, -0.2) is 48.4 Å². The van der Waals surface area contributed by atoms with Gasteiger partial charge in [0.15, 0.2) is 0 Å². The molecule has 0 aliphatic heterocycles. The SMILES string of the molecule is CCN(CC)S(=O)(=O)c1ccc(OC)c(NC(=O)Cn2cnc3ccccc3c2=O)c1. The number of nitrogens with one attached hydrogen (secondary N) is 1. The number of rotatable bonds is 8. The van der Waals surface area contributed by atoms with Gasteiger partial charge in [0.1, 0.15) is 12.3 Å². The van der Waals surface area contributed by atoms with Crippen molar-refractivity contribution in [2.45, 2.75) is 25.3 Å². The van der Waals surface area contributed by atoms with Crippen molar-refractivity contribution in [1.29, 1.82) is 0 Å². The molecule has 0 radical (unpaired) electrons. The van der Waals surface area contributed by atoms with E-state index in [9.17, 15) is 18.0 Å². The number of nitrogens with zero attached hydrogens (tertiary/aromatic N) is 3. The van der Waals surface area contributed by atoms with Gasteiger partial charge in [0.2, 0.25) is 15.9 Å². The van der Waals surface area contributed by atoms with Gasteiger partial charge in [-0.15, -0.1) is 0 Å². The molecule has 10 heteroatoms. The molecule has 164 valence electrons. The zero-order valence-electron chi connectivity index (χ0n) is 17.5. The Labute approximate surface area is 180 Å². The Hall–Kier alpha value is -3.24. The Morgan fingerprint density at radius 3 is 2.55 bits per heavy atom. The van der Waals surface area contributed by atoms with Gasteiger partial charge in [0.25, 0.3) is 5.56 Å². The minimum Gasteiger partial charge on any atom is -0.495 e. The van der Waals surface area contributed by atoms with E-state index in [-0.39, 0.29) is 22.7 Å². The van der Waals surface area contributed by atoms with E-state index in [1.807, 2.05) is 0 Å². The summed E-state index contributed by atoms with van der Waals surface area (Å²) in [6.45, 7) is 3.87. The van der Waals surface area contributed by atoms with Crippen LogP contribution in [0.3, 0.4) is 0 Å². The number of hydrogen-bond acceptors (Lipinski definition) is 6. The fourth-order valence-corrected chi connectivity index (χ4v) is 4.71. The Morgan fingerprint density at radius 2 is 1.87 bits per heavy atom. The van der Waals surface area contributed by atoms with Crippen molar-refractivity contribution in [1.82, 2.24) is 13.9 Å². The van der Waals surface area contributed by atoms with Crippen LogP contribution < -0.4 is 15.6 Å². The van der Waals surface area contributed by atoms with Gasteiger partial charge in [0.05, 0.1) is 34.9 Å². The highest BCUT2D eigenvalue weighted by Gasteiger charge is 2.23. The summed E-state index contributed by atoms with van der Waals surface area (Å²) >= 11 is 0. The molecule has 0 atom stereocenters. The van der Waals surface area contributed by atoms with E-state index in [2.05, 4.69) is 10.3 Å². The standard InChI is InChI=1S/C21H24N4O5S/c1-4-25(5-2)31(28,29)15-10-11-19(30-3)18(12-15)23-20(26)13-24-14-22-17-9-7-6-8-16(17)21(24)27/h6-12,14H,4-5,13H2,1-3H3,(H,23,26). The molecule has 0 unspecified atom stereocenters. The van der Waals surface area contributed by atoms with Crippen LogP contribution in [0, 0.1) is 0 Å². The highest BCUT2D eigenvalue weighted by molar-refractivity contribution is 7.89. The predicted octanol–water partition coefficient (Wildman–Crippen LogP) is 2.07. The first-order chi connectivity index (χ1) is 14.8. The monoisotopic (exact) mass is 444 g/mol. The second-order valence-electron chi connectivity index (χ2n) is 6.69. The molecule has 1 N–H and O–H groups in total. The molecule has 0 fully saturated rings. The Balaban J connectivity index is 1.89. The summed E-state index contributed by atoms with van der Waals surface area (Å²) in [7, 11) is -2.30. The summed E-state index contributed by atoms with van der Waals surface area (Å²) in [6.07, 6.45) is 1.31. The van der Waals surface area contributed by atoms with Crippen molar-refractivity contribution < 1.29 is 17.9 Å². The minimum atomic E-state index is -3.71. The molecule has 0 aliphatic rings.